The highest BCUT2D eigenvalue weighted by molar-refractivity contribution is 7.92. The van der Waals surface area contributed by atoms with Crippen molar-refractivity contribution >= 4 is 21.6 Å². The fourth-order valence-corrected chi connectivity index (χ4v) is 4.33. The SMILES string of the molecule is COc1cc(S(=O)(=O)Nc2ccccc2C(=O)NCCc2ccc(OC)c(OC)c2)ccc1F. The largest absolute Gasteiger partial charge is 0.494 e. The number of ether oxygens (including phenoxy) is 3. The van der Waals surface area contributed by atoms with E-state index in [1.165, 1.54) is 19.2 Å². The highest BCUT2D eigenvalue weighted by atomic mass is 32.2. The van der Waals surface area contributed by atoms with E-state index in [-0.39, 0.29) is 21.9 Å². The summed E-state index contributed by atoms with van der Waals surface area (Å²) in [5, 5.41) is 2.79. The molecule has 0 saturated carbocycles. The molecule has 0 fully saturated rings. The topological polar surface area (TPSA) is 103 Å². The minimum absolute atomic E-state index is 0.0920. The number of para-hydroxylation sites is 1. The molecule has 2 N–H and O–H groups in total. The molecule has 0 aromatic heterocycles. The van der Waals surface area contributed by atoms with Gasteiger partial charge in [0.25, 0.3) is 15.9 Å². The van der Waals surface area contributed by atoms with E-state index in [1.54, 1.807) is 32.4 Å². The van der Waals surface area contributed by atoms with E-state index in [0.717, 1.165) is 23.8 Å². The van der Waals surface area contributed by atoms with Crippen molar-refractivity contribution < 1.29 is 31.8 Å². The van der Waals surface area contributed by atoms with Crippen LogP contribution in [0.1, 0.15) is 15.9 Å². The van der Waals surface area contributed by atoms with Crippen molar-refractivity contribution in [2.45, 2.75) is 11.3 Å². The van der Waals surface area contributed by atoms with Gasteiger partial charge in [0.2, 0.25) is 0 Å². The third-order valence-electron chi connectivity index (χ3n) is 5.00. The van der Waals surface area contributed by atoms with Crippen molar-refractivity contribution in [2.75, 3.05) is 32.6 Å². The molecule has 0 aliphatic rings. The second-order valence-corrected chi connectivity index (χ2v) is 8.83. The minimum Gasteiger partial charge on any atom is -0.494 e. The van der Waals surface area contributed by atoms with Gasteiger partial charge in [-0.05, 0) is 48.4 Å². The average molecular weight is 489 g/mol. The maximum absolute atomic E-state index is 13.7. The number of hydrogen-bond acceptors (Lipinski definition) is 6. The molecule has 0 bridgehead atoms. The van der Waals surface area contributed by atoms with Gasteiger partial charge in [-0.2, -0.15) is 0 Å². The summed E-state index contributed by atoms with van der Waals surface area (Å²) >= 11 is 0. The second kappa shape index (κ2) is 10.9. The Kier molecular flexibility index (Phi) is 7.95. The molecule has 0 spiro atoms. The maximum Gasteiger partial charge on any atom is 0.262 e. The smallest absolute Gasteiger partial charge is 0.262 e. The maximum atomic E-state index is 13.7. The van der Waals surface area contributed by atoms with Crippen LogP contribution in [-0.2, 0) is 16.4 Å². The van der Waals surface area contributed by atoms with Crippen LogP contribution >= 0.6 is 0 Å². The molecular formula is C24H25FN2O6S. The zero-order valence-corrected chi connectivity index (χ0v) is 19.7. The van der Waals surface area contributed by atoms with Gasteiger partial charge in [0.15, 0.2) is 23.1 Å². The summed E-state index contributed by atoms with van der Waals surface area (Å²) in [6.07, 6.45) is 0.523. The van der Waals surface area contributed by atoms with Crippen LogP contribution in [0.2, 0.25) is 0 Å². The first-order valence-electron chi connectivity index (χ1n) is 10.2. The fourth-order valence-electron chi connectivity index (χ4n) is 3.23. The van der Waals surface area contributed by atoms with Crippen molar-refractivity contribution in [3.63, 3.8) is 0 Å². The molecule has 3 aromatic rings. The number of methoxy groups -OCH3 is 3. The molecule has 0 saturated heterocycles. The zero-order chi connectivity index (χ0) is 24.7. The van der Waals surface area contributed by atoms with E-state index in [9.17, 15) is 17.6 Å². The Morgan fingerprint density at radius 2 is 1.59 bits per heavy atom. The molecule has 0 aliphatic heterocycles. The number of nitrogens with one attached hydrogen (secondary N) is 2. The summed E-state index contributed by atoms with van der Waals surface area (Å²) in [6, 6.07) is 14.9. The molecule has 3 aromatic carbocycles. The number of benzene rings is 3. The van der Waals surface area contributed by atoms with E-state index in [0.29, 0.717) is 24.5 Å². The van der Waals surface area contributed by atoms with Crippen LogP contribution in [0, 0.1) is 5.82 Å². The fraction of sp³-hybridized carbons (Fsp3) is 0.208. The van der Waals surface area contributed by atoms with Gasteiger partial charge in [-0.25, -0.2) is 12.8 Å². The Balaban J connectivity index is 1.71. The van der Waals surface area contributed by atoms with Crippen molar-refractivity contribution in [3.8, 4) is 17.2 Å². The number of anilines is 1. The summed E-state index contributed by atoms with van der Waals surface area (Å²) < 4.78 is 57.1. The van der Waals surface area contributed by atoms with Crippen molar-refractivity contribution in [3.05, 3.63) is 77.6 Å². The molecule has 10 heteroatoms. The van der Waals surface area contributed by atoms with Crippen LogP contribution in [-0.4, -0.2) is 42.2 Å². The van der Waals surface area contributed by atoms with Gasteiger partial charge in [-0.1, -0.05) is 18.2 Å². The summed E-state index contributed by atoms with van der Waals surface area (Å²) in [6.45, 7) is 0.310. The summed E-state index contributed by atoms with van der Waals surface area (Å²) in [5.74, 6) is -0.144. The molecule has 0 radical (unpaired) electrons. The standard InChI is InChI=1S/C24H25FN2O6S/c1-31-21-11-8-16(14-23(21)33-3)12-13-26-24(28)18-6-4-5-7-20(18)27-34(29,30)17-9-10-19(25)22(15-17)32-2/h4-11,14-15,27H,12-13H2,1-3H3,(H,26,28). The van der Waals surface area contributed by atoms with E-state index in [4.69, 9.17) is 14.2 Å². The average Bonchev–Trinajstić information content (AvgIpc) is 2.84. The van der Waals surface area contributed by atoms with Crippen LogP contribution in [0.5, 0.6) is 17.2 Å². The predicted octanol–water partition coefficient (Wildman–Crippen LogP) is 3.62. The Morgan fingerprint density at radius 3 is 2.29 bits per heavy atom. The van der Waals surface area contributed by atoms with Crippen molar-refractivity contribution in [2.24, 2.45) is 0 Å². The monoisotopic (exact) mass is 488 g/mol. The highest BCUT2D eigenvalue weighted by Crippen LogP contribution is 2.28. The number of sulfonamides is 1. The third kappa shape index (κ3) is 5.76. The number of hydrogen-bond donors (Lipinski definition) is 2. The first-order chi connectivity index (χ1) is 16.3. The first-order valence-corrected chi connectivity index (χ1v) is 11.7. The third-order valence-corrected chi connectivity index (χ3v) is 6.36. The van der Waals surface area contributed by atoms with Gasteiger partial charge in [-0.15, -0.1) is 0 Å². The van der Waals surface area contributed by atoms with Crippen molar-refractivity contribution in [1.29, 1.82) is 0 Å². The lowest BCUT2D eigenvalue weighted by molar-refractivity contribution is 0.0955. The Morgan fingerprint density at radius 1 is 0.882 bits per heavy atom. The van der Waals surface area contributed by atoms with E-state index < -0.39 is 21.7 Å². The van der Waals surface area contributed by atoms with Crippen LogP contribution in [0.15, 0.2) is 65.6 Å². The first kappa shape index (κ1) is 24.8. The lowest BCUT2D eigenvalue weighted by Crippen LogP contribution is -2.27. The molecule has 8 nitrogen and oxygen atoms in total. The van der Waals surface area contributed by atoms with Gasteiger partial charge in [0, 0.05) is 12.6 Å². The second-order valence-electron chi connectivity index (χ2n) is 7.14. The van der Waals surface area contributed by atoms with Crippen molar-refractivity contribution in [1.82, 2.24) is 5.32 Å². The molecule has 180 valence electrons. The number of carbonyl (C=O) groups is 1. The molecule has 3 rings (SSSR count). The van der Waals surface area contributed by atoms with Crippen LogP contribution in [0.3, 0.4) is 0 Å². The molecular weight excluding hydrogens is 463 g/mol. The highest BCUT2D eigenvalue weighted by Gasteiger charge is 2.20. The normalized spacial score (nSPS) is 10.9. The van der Waals surface area contributed by atoms with Gasteiger partial charge in [-0.3, -0.25) is 9.52 Å². The Bertz CT molecular complexity index is 1280. The Hall–Kier alpha value is -3.79. The van der Waals surface area contributed by atoms with Crippen LogP contribution in [0.4, 0.5) is 10.1 Å². The molecule has 0 aliphatic carbocycles. The molecule has 34 heavy (non-hydrogen) atoms. The van der Waals surface area contributed by atoms with Gasteiger partial charge < -0.3 is 19.5 Å². The number of halogens is 1. The van der Waals surface area contributed by atoms with E-state index >= 15 is 0 Å². The van der Waals surface area contributed by atoms with Gasteiger partial charge in [0.1, 0.15) is 0 Å². The molecule has 1 amide bonds. The van der Waals surface area contributed by atoms with Gasteiger partial charge in [0.05, 0.1) is 37.5 Å². The number of amides is 1. The molecule has 0 unspecified atom stereocenters. The van der Waals surface area contributed by atoms with Gasteiger partial charge >= 0.3 is 0 Å². The Labute approximate surface area is 197 Å². The lowest BCUT2D eigenvalue weighted by atomic mass is 10.1. The quantitative estimate of drug-likeness (QED) is 0.452. The van der Waals surface area contributed by atoms with E-state index in [2.05, 4.69) is 10.0 Å². The number of rotatable bonds is 10. The summed E-state index contributed by atoms with van der Waals surface area (Å²) in [7, 11) is 0.238. The number of carbonyl (C=O) groups excluding carboxylic acids is 1. The van der Waals surface area contributed by atoms with Crippen LogP contribution < -0.4 is 24.2 Å². The van der Waals surface area contributed by atoms with E-state index in [1.807, 2.05) is 12.1 Å². The summed E-state index contributed by atoms with van der Waals surface area (Å²) in [5.41, 5.74) is 1.17. The minimum atomic E-state index is -4.10. The summed E-state index contributed by atoms with van der Waals surface area (Å²) in [4.78, 5) is 12.6. The zero-order valence-electron chi connectivity index (χ0n) is 18.9. The lowest BCUT2D eigenvalue weighted by Gasteiger charge is -2.14. The van der Waals surface area contributed by atoms with Crippen LogP contribution in [0.25, 0.3) is 0 Å². The molecule has 0 atom stereocenters. The molecule has 0 heterocycles. The predicted molar refractivity (Wildman–Crippen MR) is 126 cm³/mol.